The SMILES string of the molecule is Cc1nnc2c(N3CCN(C(=O)C4COc5ccccc5O4)CC3)nccn12. The van der Waals surface area contributed by atoms with Crippen LogP contribution in [0.4, 0.5) is 5.82 Å². The van der Waals surface area contributed by atoms with Gasteiger partial charge < -0.3 is 19.3 Å². The van der Waals surface area contributed by atoms with Crippen LogP contribution in [-0.2, 0) is 4.79 Å². The lowest BCUT2D eigenvalue weighted by atomic mass is 10.2. The quantitative estimate of drug-likeness (QED) is 0.654. The highest BCUT2D eigenvalue weighted by Crippen LogP contribution is 2.31. The lowest BCUT2D eigenvalue weighted by Gasteiger charge is -2.37. The van der Waals surface area contributed by atoms with Crippen molar-refractivity contribution in [3.8, 4) is 11.5 Å². The number of hydrogen-bond acceptors (Lipinski definition) is 7. The van der Waals surface area contributed by atoms with Crippen LogP contribution in [0.25, 0.3) is 5.65 Å². The third-order valence-electron chi connectivity index (χ3n) is 5.15. The largest absolute Gasteiger partial charge is 0.485 e. The average Bonchev–Trinajstić information content (AvgIpc) is 3.14. The molecule has 9 heteroatoms. The first-order valence-electron chi connectivity index (χ1n) is 9.29. The maximum absolute atomic E-state index is 12.9. The molecule has 0 bridgehead atoms. The minimum Gasteiger partial charge on any atom is -0.485 e. The van der Waals surface area contributed by atoms with Gasteiger partial charge in [0, 0.05) is 38.6 Å². The number of aromatic nitrogens is 4. The van der Waals surface area contributed by atoms with Crippen molar-refractivity contribution in [3.63, 3.8) is 0 Å². The molecule has 0 aliphatic carbocycles. The molecule has 0 spiro atoms. The van der Waals surface area contributed by atoms with Gasteiger partial charge in [-0.1, -0.05) is 12.1 Å². The fourth-order valence-corrected chi connectivity index (χ4v) is 3.64. The molecule has 1 unspecified atom stereocenters. The molecule has 144 valence electrons. The summed E-state index contributed by atoms with van der Waals surface area (Å²) in [6, 6.07) is 7.41. The van der Waals surface area contributed by atoms with E-state index < -0.39 is 6.10 Å². The van der Waals surface area contributed by atoms with Crippen LogP contribution in [0.15, 0.2) is 36.7 Å². The van der Waals surface area contributed by atoms with Crippen LogP contribution in [0.5, 0.6) is 11.5 Å². The van der Waals surface area contributed by atoms with Gasteiger partial charge in [0.05, 0.1) is 0 Å². The molecule has 2 aliphatic rings. The fraction of sp³-hybridized carbons (Fsp3) is 0.368. The molecule has 1 fully saturated rings. The van der Waals surface area contributed by atoms with E-state index in [0.717, 1.165) is 17.3 Å². The highest BCUT2D eigenvalue weighted by atomic mass is 16.6. The Morgan fingerprint density at radius 3 is 2.71 bits per heavy atom. The standard InChI is InChI=1S/C19H20N6O3/c1-13-21-22-18-17(20-6-7-25(13)18)23-8-10-24(11-9-23)19(26)16-12-27-14-4-2-3-5-15(14)28-16/h2-7,16H,8-12H2,1H3. The number of fused-ring (bicyclic) bond motifs is 2. The van der Waals surface area contributed by atoms with Gasteiger partial charge in [0.1, 0.15) is 12.4 Å². The molecule has 0 N–H and O–H groups in total. The summed E-state index contributed by atoms with van der Waals surface area (Å²) in [5, 5.41) is 8.36. The number of carbonyl (C=O) groups is 1. The maximum atomic E-state index is 12.9. The molecule has 4 heterocycles. The van der Waals surface area contributed by atoms with Crippen LogP contribution in [0, 0.1) is 6.92 Å². The zero-order chi connectivity index (χ0) is 19.1. The van der Waals surface area contributed by atoms with Gasteiger partial charge in [-0.15, -0.1) is 10.2 Å². The Kier molecular flexibility index (Phi) is 4.00. The molecule has 9 nitrogen and oxygen atoms in total. The summed E-state index contributed by atoms with van der Waals surface area (Å²) in [7, 11) is 0. The third-order valence-corrected chi connectivity index (χ3v) is 5.15. The van der Waals surface area contributed by atoms with E-state index in [2.05, 4.69) is 20.1 Å². The number of benzene rings is 1. The number of hydrogen-bond donors (Lipinski definition) is 0. The topological polar surface area (TPSA) is 85.1 Å². The fourth-order valence-electron chi connectivity index (χ4n) is 3.64. The molecule has 1 atom stereocenters. The molecule has 3 aromatic rings. The van der Waals surface area contributed by atoms with Crippen molar-refractivity contribution in [2.75, 3.05) is 37.7 Å². The Morgan fingerprint density at radius 1 is 1.11 bits per heavy atom. The molecule has 28 heavy (non-hydrogen) atoms. The van der Waals surface area contributed by atoms with Crippen LogP contribution in [0.3, 0.4) is 0 Å². The molecule has 0 radical (unpaired) electrons. The summed E-state index contributed by atoms with van der Waals surface area (Å²) in [5.74, 6) is 2.87. The highest BCUT2D eigenvalue weighted by molar-refractivity contribution is 5.82. The number of para-hydroxylation sites is 2. The third kappa shape index (κ3) is 2.79. The van der Waals surface area contributed by atoms with Crippen LogP contribution in [0.2, 0.25) is 0 Å². The number of anilines is 1. The number of piperazine rings is 1. The van der Waals surface area contributed by atoms with Crippen molar-refractivity contribution in [1.29, 1.82) is 0 Å². The van der Waals surface area contributed by atoms with Crippen molar-refractivity contribution in [2.45, 2.75) is 13.0 Å². The van der Waals surface area contributed by atoms with Crippen LogP contribution < -0.4 is 14.4 Å². The molecular formula is C19H20N6O3. The van der Waals surface area contributed by atoms with Crippen molar-refractivity contribution >= 4 is 17.4 Å². The van der Waals surface area contributed by atoms with Gasteiger partial charge in [-0.2, -0.15) is 0 Å². The molecule has 2 aliphatic heterocycles. The van der Waals surface area contributed by atoms with Crippen LogP contribution >= 0.6 is 0 Å². The van der Waals surface area contributed by atoms with Gasteiger partial charge in [0.2, 0.25) is 11.8 Å². The highest BCUT2D eigenvalue weighted by Gasteiger charge is 2.33. The molecule has 5 rings (SSSR count). The van der Waals surface area contributed by atoms with Gasteiger partial charge in [0.15, 0.2) is 17.3 Å². The normalized spacial score (nSPS) is 19.1. The molecule has 1 aromatic carbocycles. The number of nitrogens with zero attached hydrogens (tertiary/aromatic N) is 6. The maximum Gasteiger partial charge on any atom is 0.267 e. The summed E-state index contributed by atoms with van der Waals surface area (Å²) >= 11 is 0. The first-order valence-corrected chi connectivity index (χ1v) is 9.29. The van der Waals surface area contributed by atoms with E-state index in [0.29, 0.717) is 37.7 Å². The van der Waals surface area contributed by atoms with Crippen LogP contribution in [0.1, 0.15) is 5.82 Å². The molecule has 1 amide bonds. The van der Waals surface area contributed by atoms with Gasteiger partial charge in [0.25, 0.3) is 5.91 Å². The smallest absolute Gasteiger partial charge is 0.267 e. The zero-order valence-electron chi connectivity index (χ0n) is 15.5. The van der Waals surface area contributed by atoms with Gasteiger partial charge in [-0.25, -0.2) is 4.98 Å². The van der Waals surface area contributed by atoms with Gasteiger partial charge >= 0.3 is 0 Å². The van der Waals surface area contributed by atoms with Crippen molar-refractivity contribution < 1.29 is 14.3 Å². The van der Waals surface area contributed by atoms with E-state index in [1.807, 2.05) is 46.7 Å². The lowest BCUT2D eigenvalue weighted by Crippen LogP contribution is -2.54. The van der Waals surface area contributed by atoms with Crippen molar-refractivity contribution in [1.82, 2.24) is 24.5 Å². The van der Waals surface area contributed by atoms with E-state index in [-0.39, 0.29) is 12.5 Å². The number of amides is 1. The first-order chi connectivity index (χ1) is 13.7. The second-order valence-corrected chi connectivity index (χ2v) is 6.87. The Morgan fingerprint density at radius 2 is 1.89 bits per heavy atom. The molecule has 2 aromatic heterocycles. The second kappa shape index (κ2) is 6.66. The summed E-state index contributed by atoms with van der Waals surface area (Å²) in [6.07, 6.45) is 3.00. The van der Waals surface area contributed by atoms with E-state index in [1.54, 1.807) is 6.20 Å². The predicted octanol–water partition coefficient (Wildman–Crippen LogP) is 0.921. The molecular weight excluding hydrogens is 360 g/mol. The summed E-state index contributed by atoms with van der Waals surface area (Å²) in [6.45, 7) is 4.68. The van der Waals surface area contributed by atoms with E-state index in [4.69, 9.17) is 9.47 Å². The van der Waals surface area contributed by atoms with Crippen LogP contribution in [-0.4, -0.2) is 69.3 Å². The molecule has 1 saturated heterocycles. The number of aryl methyl sites for hydroxylation is 1. The van der Waals surface area contributed by atoms with Gasteiger partial charge in [-0.3, -0.25) is 9.20 Å². The summed E-state index contributed by atoms with van der Waals surface area (Å²) < 4.78 is 13.5. The van der Waals surface area contributed by atoms with Crippen molar-refractivity contribution in [3.05, 3.63) is 42.5 Å². The lowest BCUT2D eigenvalue weighted by molar-refractivity contribution is -0.141. The first kappa shape index (κ1) is 16.8. The van der Waals surface area contributed by atoms with E-state index in [9.17, 15) is 4.79 Å². The number of rotatable bonds is 2. The Labute approximate surface area is 161 Å². The van der Waals surface area contributed by atoms with Crippen molar-refractivity contribution in [2.24, 2.45) is 0 Å². The zero-order valence-corrected chi connectivity index (χ0v) is 15.5. The summed E-state index contributed by atoms with van der Waals surface area (Å²) in [5.41, 5.74) is 0.736. The second-order valence-electron chi connectivity index (χ2n) is 6.87. The summed E-state index contributed by atoms with van der Waals surface area (Å²) in [4.78, 5) is 21.3. The minimum absolute atomic E-state index is 0.0429. The number of ether oxygens (including phenoxy) is 2. The van der Waals surface area contributed by atoms with E-state index >= 15 is 0 Å². The Bertz CT molecular complexity index is 1030. The van der Waals surface area contributed by atoms with Gasteiger partial charge in [-0.05, 0) is 19.1 Å². The Hall–Kier alpha value is -3.36. The number of carbonyl (C=O) groups excluding carboxylic acids is 1. The average molecular weight is 380 g/mol. The Balaban J connectivity index is 1.26. The monoisotopic (exact) mass is 380 g/mol. The predicted molar refractivity (Wildman–Crippen MR) is 101 cm³/mol. The minimum atomic E-state index is -0.609. The molecule has 0 saturated carbocycles. The van der Waals surface area contributed by atoms with E-state index in [1.165, 1.54) is 0 Å².